The van der Waals surface area contributed by atoms with E-state index in [9.17, 15) is 4.79 Å². The highest BCUT2D eigenvalue weighted by Crippen LogP contribution is 2.38. The second kappa shape index (κ2) is 5.87. The summed E-state index contributed by atoms with van der Waals surface area (Å²) in [5.74, 6) is -0.151. The molecule has 1 aliphatic carbocycles. The molecule has 1 aromatic heterocycles. The van der Waals surface area contributed by atoms with Crippen LogP contribution < -0.4 is 0 Å². The zero-order valence-electron chi connectivity index (χ0n) is 9.81. The van der Waals surface area contributed by atoms with Crippen molar-refractivity contribution in [3.63, 3.8) is 0 Å². The van der Waals surface area contributed by atoms with Crippen LogP contribution in [-0.4, -0.2) is 17.6 Å². The summed E-state index contributed by atoms with van der Waals surface area (Å²) in [5, 5.41) is 0. The average molecular weight is 249 g/mol. The van der Waals surface area contributed by atoms with Crippen LogP contribution in [0.2, 0.25) is 0 Å². The fraction of sp³-hybridized carbons (Fsp3) is 0.385. The lowest BCUT2D eigenvalue weighted by molar-refractivity contribution is -0.138. The minimum absolute atomic E-state index is 0.151. The summed E-state index contributed by atoms with van der Waals surface area (Å²) in [6.07, 6.45) is 6.39. The molecule has 0 saturated heterocycles. The Kier molecular flexibility index (Phi) is 4.20. The van der Waals surface area contributed by atoms with Crippen molar-refractivity contribution in [2.75, 3.05) is 6.61 Å². The monoisotopic (exact) mass is 249 g/mol. The van der Waals surface area contributed by atoms with Gasteiger partial charge in [0.05, 0.1) is 6.61 Å². The molecule has 4 heteroatoms. The quantitative estimate of drug-likeness (QED) is 0.768. The van der Waals surface area contributed by atoms with E-state index in [4.69, 9.17) is 4.74 Å². The number of rotatable bonds is 4. The lowest BCUT2D eigenvalue weighted by atomic mass is 10.2. The molecule has 0 radical (unpaired) electrons. The van der Waals surface area contributed by atoms with Crippen LogP contribution in [0.4, 0.5) is 0 Å². The van der Waals surface area contributed by atoms with Crippen molar-refractivity contribution in [2.24, 2.45) is 0 Å². The Balaban J connectivity index is 2.13. The maximum Gasteiger partial charge on any atom is 0.334 e. The van der Waals surface area contributed by atoms with Crippen molar-refractivity contribution >= 4 is 17.7 Å². The van der Waals surface area contributed by atoms with Crippen LogP contribution in [0.1, 0.15) is 26.2 Å². The van der Waals surface area contributed by atoms with Gasteiger partial charge in [0.1, 0.15) is 0 Å². The van der Waals surface area contributed by atoms with Crippen molar-refractivity contribution in [1.29, 1.82) is 0 Å². The lowest BCUT2D eigenvalue weighted by Gasteiger charge is -2.06. The fourth-order valence-electron chi connectivity index (χ4n) is 1.81. The summed E-state index contributed by atoms with van der Waals surface area (Å²) in [7, 11) is 0. The third-order valence-corrected chi connectivity index (χ3v) is 3.78. The first-order valence-electron chi connectivity index (χ1n) is 5.78. The molecule has 1 aromatic rings. The molecule has 0 N–H and O–H groups in total. The van der Waals surface area contributed by atoms with Gasteiger partial charge in [-0.05, 0) is 38.3 Å². The predicted octanol–water partition coefficient (Wildman–Crippen LogP) is 3.17. The SMILES string of the molecule is CCOC(=O)C1=C(Sc2ccncc2)CCC1. The molecule has 0 unspecified atom stereocenters. The molecule has 1 heterocycles. The van der Waals surface area contributed by atoms with E-state index in [0.717, 1.165) is 34.6 Å². The molecule has 90 valence electrons. The van der Waals surface area contributed by atoms with Gasteiger partial charge < -0.3 is 4.74 Å². The number of esters is 1. The molecule has 17 heavy (non-hydrogen) atoms. The maximum atomic E-state index is 11.7. The molecule has 1 aliphatic rings. The first-order chi connectivity index (χ1) is 8.31. The molecule has 3 nitrogen and oxygen atoms in total. The minimum Gasteiger partial charge on any atom is -0.463 e. The molecule has 0 bridgehead atoms. The van der Waals surface area contributed by atoms with Gasteiger partial charge in [0, 0.05) is 27.8 Å². The molecular weight excluding hydrogens is 234 g/mol. The first-order valence-corrected chi connectivity index (χ1v) is 6.60. The van der Waals surface area contributed by atoms with Crippen LogP contribution in [0, 0.1) is 0 Å². The van der Waals surface area contributed by atoms with Crippen LogP contribution in [0.5, 0.6) is 0 Å². The highest BCUT2D eigenvalue weighted by molar-refractivity contribution is 8.03. The van der Waals surface area contributed by atoms with E-state index in [2.05, 4.69) is 4.98 Å². The Bertz CT molecular complexity index is 428. The average Bonchev–Trinajstić information content (AvgIpc) is 2.79. The Morgan fingerprint density at radius 2 is 2.18 bits per heavy atom. The number of thioether (sulfide) groups is 1. The summed E-state index contributed by atoms with van der Waals surface area (Å²) >= 11 is 1.65. The smallest absolute Gasteiger partial charge is 0.334 e. The normalized spacial score (nSPS) is 15.1. The molecule has 0 aromatic carbocycles. The summed E-state index contributed by atoms with van der Waals surface area (Å²) < 4.78 is 5.07. The van der Waals surface area contributed by atoms with Gasteiger partial charge in [-0.25, -0.2) is 4.79 Å². The van der Waals surface area contributed by atoms with Gasteiger partial charge in [-0.3, -0.25) is 4.98 Å². The van der Waals surface area contributed by atoms with Crippen molar-refractivity contribution in [3.05, 3.63) is 35.0 Å². The highest BCUT2D eigenvalue weighted by atomic mass is 32.2. The van der Waals surface area contributed by atoms with Crippen LogP contribution in [0.15, 0.2) is 39.9 Å². The van der Waals surface area contributed by atoms with E-state index in [1.807, 2.05) is 19.1 Å². The third kappa shape index (κ3) is 3.09. The lowest BCUT2D eigenvalue weighted by Crippen LogP contribution is -2.06. The number of aromatic nitrogens is 1. The van der Waals surface area contributed by atoms with E-state index in [-0.39, 0.29) is 5.97 Å². The molecule has 0 fully saturated rings. The van der Waals surface area contributed by atoms with Gasteiger partial charge in [0.15, 0.2) is 0 Å². The second-order valence-corrected chi connectivity index (χ2v) is 4.93. The Morgan fingerprint density at radius 1 is 1.41 bits per heavy atom. The van der Waals surface area contributed by atoms with Gasteiger partial charge in [-0.2, -0.15) is 0 Å². The maximum absolute atomic E-state index is 11.7. The van der Waals surface area contributed by atoms with Gasteiger partial charge in [0.2, 0.25) is 0 Å². The van der Waals surface area contributed by atoms with E-state index >= 15 is 0 Å². The molecule has 0 spiro atoms. The second-order valence-electron chi connectivity index (χ2n) is 3.76. The minimum atomic E-state index is -0.151. The summed E-state index contributed by atoms with van der Waals surface area (Å²) in [6.45, 7) is 2.28. The number of hydrogen-bond acceptors (Lipinski definition) is 4. The Morgan fingerprint density at radius 3 is 2.88 bits per heavy atom. The van der Waals surface area contributed by atoms with Crippen LogP contribution in [-0.2, 0) is 9.53 Å². The van der Waals surface area contributed by atoms with Crippen LogP contribution in [0.3, 0.4) is 0 Å². The first kappa shape index (κ1) is 12.2. The summed E-state index contributed by atoms with van der Waals surface area (Å²) in [6, 6.07) is 3.91. The number of hydrogen-bond donors (Lipinski definition) is 0. The van der Waals surface area contributed by atoms with Crippen molar-refractivity contribution < 1.29 is 9.53 Å². The molecule has 2 rings (SSSR count). The third-order valence-electron chi connectivity index (χ3n) is 2.58. The molecule has 0 atom stereocenters. The topological polar surface area (TPSA) is 39.2 Å². The largest absolute Gasteiger partial charge is 0.463 e. The van der Waals surface area contributed by atoms with Crippen LogP contribution in [0.25, 0.3) is 0 Å². The van der Waals surface area contributed by atoms with E-state index in [0.29, 0.717) is 6.61 Å². The number of allylic oxidation sites excluding steroid dienone is 1. The summed E-state index contributed by atoms with van der Waals surface area (Å²) in [4.78, 5) is 18.0. The van der Waals surface area contributed by atoms with Crippen molar-refractivity contribution in [1.82, 2.24) is 4.98 Å². The highest BCUT2D eigenvalue weighted by Gasteiger charge is 2.22. The van der Waals surface area contributed by atoms with Gasteiger partial charge >= 0.3 is 5.97 Å². The predicted molar refractivity (Wildman–Crippen MR) is 67.6 cm³/mol. The molecule has 0 amide bonds. The molecule has 0 saturated carbocycles. The molecular formula is C13H15NO2S. The number of carbonyl (C=O) groups is 1. The van der Waals surface area contributed by atoms with Crippen LogP contribution >= 0.6 is 11.8 Å². The summed E-state index contributed by atoms with van der Waals surface area (Å²) in [5.41, 5.74) is 0.855. The van der Waals surface area contributed by atoms with Gasteiger partial charge in [-0.1, -0.05) is 11.8 Å². The zero-order valence-corrected chi connectivity index (χ0v) is 10.6. The number of carbonyl (C=O) groups excluding carboxylic acids is 1. The van der Waals surface area contributed by atoms with Crippen molar-refractivity contribution in [3.8, 4) is 0 Å². The Labute approximate surface area is 105 Å². The number of nitrogens with zero attached hydrogens (tertiary/aromatic N) is 1. The Hall–Kier alpha value is -1.29. The zero-order chi connectivity index (χ0) is 12.1. The van der Waals surface area contributed by atoms with E-state index in [1.165, 1.54) is 0 Å². The molecule has 0 aliphatic heterocycles. The standard InChI is InChI=1S/C13H15NO2S/c1-2-16-13(15)11-4-3-5-12(11)17-10-6-8-14-9-7-10/h6-9H,2-5H2,1H3. The van der Waals surface area contributed by atoms with Gasteiger partial charge in [0.25, 0.3) is 0 Å². The number of pyridine rings is 1. The van der Waals surface area contributed by atoms with Gasteiger partial charge in [-0.15, -0.1) is 0 Å². The fourth-order valence-corrected chi connectivity index (χ4v) is 2.91. The van der Waals surface area contributed by atoms with Crippen molar-refractivity contribution in [2.45, 2.75) is 31.1 Å². The van der Waals surface area contributed by atoms with E-state index < -0.39 is 0 Å². The number of ether oxygens (including phenoxy) is 1. The van der Waals surface area contributed by atoms with E-state index in [1.54, 1.807) is 24.2 Å².